The van der Waals surface area contributed by atoms with Gasteiger partial charge in [-0.15, -0.1) is 0 Å². The fourth-order valence-corrected chi connectivity index (χ4v) is 4.82. The maximum atomic E-state index is 12.9. The smallest absolute Gasteiger partial charge is 0.368 e. The number of nitrogens with one attached hydrogen (secondary N) is 2. The summed E-state index contributed by atoms with van der Waals surface area (Å²) in [6.07, 6.45) is -1.32. The molecule has 1 unspecified atom stereocenters. The van der Waals surface area contributed by atoms with Gasteiger partial charge in [-0.05, 0) is 24.1 Å². The Labute approximate surface area is 175 Å². The minimum absolute atomic E-state index is 0.0507. The van der Waals surface area contributed by atoms with Crippen LogP contribution < -0.4 is 15.6 Å². The van der Waals surface area contributed by atoms with Crippen LogP contribution in [0.3, 0.4) is 0 Å². The number of hydrogen-bond acceptors (Lipinski definition) is 6. The molecule has 1 fully saturated rings. The van der Waals surface area contributed by atoms with Crippen molar-refractivity contribution in [1.29, 1.82) is 0 Å². The predicted octanol–water partition coefficient (Wildman–Crippen LogP) is 2.12. The lowest BCUT2D eigenvalue weighted by Crippen LogP contribution is -2.30. The largest absolute Gasteiger partial charge is 0.416 e. The number of pyridine rings is 1. The minimum Gasteiger partial charge on any atom is -0.368 e. The molecule has 2 N–H and O–H groups in total. The van der Waals surface area contributed by atoms with E-state index in [0.717, 1.165) is 12.1 Å². The lowest BCUT2D eigenvalue weighted by Gasteiger charge is -2.14. The van der Waals surface area contributed by atoms with E-state index in [1.54, 1.807) is 0 Å². The molecule has 2 aromatic heterocycles. The van der Waals surface area contributed by atoms with Crippen LogP contribution in [0, 0.1) is 0 Å². The summed E-state index contributed by atoms with van der Waals surface area (Å²) >= 11 is 0. The summed E-state index contributed by atoms with van der Waals surface area (Å²) in [5.74, 6) is 0.168. The van der Waals surface area contributed by atoms with Crippen LogP contribution in [0.2, 0.25) is 0 Å². The number of hydrogen-bond donors (Lipinski definition) is 2. The van der Waals surface area contributed by atoms with Gasteiger partial charge in [-0.25, -0.2) is 23.1 Å². The van der Waals surface area contributed by atoms with E-state index < -0.39 is 32.6 Å². The van der Waals surface area contributed by atoms with Gasteiger partial charge in [0.15, 0.2) is 0 Å². The first-order valence-electron chi connectivity index (χ1n) is 9.32. The molecule has 0 bridgehead atoms. The van der Waals surface area contributed by atoms with E-state index in [4.69, 9.17) is 0 Å². The second-order valence-corrected chi connectivity index (χ2v) is 9.26. The number of aryl methyl sites for hydroxylation is 1. The molecule has 3 heterocycles. The van der Waals surface area contributed by atoms with Crippen LogP contribution in [0.15, 0.2) is 41.6 Å². The van der Waals surface area contributed by atoms with E-state index in [-0.39, 0.29) is 23.3 Å². The van der Waals surface area contributed by atoms with Crippen LogP contribution in [0.1, 0.15) is 12.0 Å². The van der Waals surface area contributed by atoms with Gasteiger partial charge in [-0.1, -0.05) is 12.1 Å². The van der Waals surface area contributed by atoms with Gasteiger partial charge in [0.1, 0.15) is 11.2 Å². The SMILES string of the molecule is Cn1cnc2c(-c3ccc(C(F)(F)F)cc3)cnc(NCC3CCNS3(=O)=O)c2c1=O. The van der Waals surface area contributed by atoms with Gasteiger partial charge in [0.05, 0.1) is 22.7 Å². The van der Waals surface area contributed by atoms with Gasteiger partial charge < -0.3 is 9.88 Å². The minimum atomic E-state index is -4.46. The normalized spacial score (nSPS) is 18.4. The standard InChI is InChI=1S/C19H18F3N5O3S/c1-27-10-25-16-14(11-2-4-12(5-3-11)19(20,21)22)9-24-17(15(16)18(27)28)23-8-13-6-7-26-31(13,29)30/h2-5,9-10,13,26H,6-8H2,1H3,(H,23,24). The van der Waals surface area contributed by atoms with E-state index in [9.17, 15) is 26.4 Å². The van der Waals surface area contributed by atoms with Gasteiger partial charge in [-0.3, -0.25) is 4.79 Å². The van der Waals surface area contributed by atoms with Crippen molar-refractivity contribution in [2.75, 3.05) is 18.4 Å². The number of benzene rings is 1. The molecule has 31 heavy (non-hydrogen) atoms. The quantitative estimate of drug-likeness (QED) is 0.627. The highest BCUT2D eigenvalue weighted by molar-refractivity contribution is 7.90. The van der Waals surface area contributed by atoms with E-state index in [1.807, 2.05) is 0 Å². The zero-order valence-electron chi connectivity index (χ0n) is 16.3. The number of sulfonamides is 1. The molecule has 3 aromatic rings. The number of rotatable bonds is 4. The molecule has 1 aliphatic rings. The molecule has 0 amide bonds. The summed E-state index contributed by atoms with van der Waals surface area (Å²) in [7, 11) is -1.92. The monoisotopic (exact) mass is 453 g/mol. The van der Waals surface area contributed by atoms with Gasteiger partial charge in [0, 0.05) is 31.9 Å². The van der Waals surface area contributed by atoms with Crippen molar-refractivity contribution < 1.29 is 21.6 Å². The molecule has 1 saturated heterocycles. The molecule has 1 aliphatic heterocycles. The lowest BCUT2D eigenvalue weighted by molar-refractivity contribution is -0.137. The summed E-state index contributed by atoms with van der Waals surface area (Å²) < 4.78 is 66.2. The Morgan fingerprint density at radius 2 is 1.94 bits per heavy atom. The van der Waals surface area contributed by atoms with Crippen LogP contribution in [0.4, 0.5) is 19.0 Å². The molecule has 8 nitrogen and oxygen atoms in total. The molecule has 0 radical (unpaired) electrons. The van der Waals surface area contributed by atoms with Gasteiger partial charge in [-0.2, -0.15) is 13.2 Å². The summed E-state index contributed by atoms with van der Waals surface area (Å²) in [6.45, 7) is 0.397. The fraction of sp³-hybridized carbons (Fsp3) is 0.316. The lowest BCUT2D eigenvalue weighted by atomic mass is 10.0. The molecule has 1 aromatic carbocycles. The molecular formula is C19H18F3N5O3S. The third kappa shape index (κ3) is 4.00. The Morgan fingerprint density at radius 1 is 1.23 bits per heavy atom. The number of nitrogens with zero attached hydrogens (tertiary/aromatic N) is 3. The van der Waals surface area contributed by atoms with Crippen LogP contribution in [-0.2, 0) is 23.2 Å². The summed E-state index contributed by atoms with van der Waals surface area (Å²) in [5, 5.41) is 2.39. The Balaban J connectivity index is 1.77. The highest BCUT2D eigenvalue weighted by atomic mass is 32.2. The molecule has 0 spiro atoms. The van der Waals surface area contributed by atoms with Gasteiger partial charge in [0.2, 0.25) is 10.0 Å². The van der Waals surface area contributed by atoms with Crippen molar-refractivity contribution >= 4 is 26.7 Å². The number of anilines is 1. The number of alkyl halides is 3. The molecule has 4 rings (SSSR count). The Kier molecular flexibility index (Phi) is 5.21. The predicted molar refractivity (Wildman–Crippen MR) is 109 cm³/mol. The van der Waals surface area contributed by atoms with Gasteiger partial charge in [0.25, 0.3) is 5.56 Å². The van der Waals surface area contributed by atoms with E-state index >= 15 is 0 Å². The first-order chi connectivity index (χ1) is 14.6. The van der Waals surface area contributed by atoms with E-state index in [0.29, 0.717) is 24.1 Å². The Hall–Kier alpha value is -2.99. The topological polar surface area (TPSA) is 106 Å². The third-order valence-corrected chi connectivity index (χ3v) is 7.06. The first-order valence-corrected chi connectivity index (χ1v) is 10.9. The highest BCUT2D eigenvalue weighted by Gasteiger charge is 2.31. The molecule has 0 aliphatic carbocycles. The average molecular weight is 453 g/mol. The zero-order chi connectivity index (χ0) is 22.4. The summed E-state index contributed by atoms with van der Waals surface area (Å²) in [6, 6.07) is 4.49. The van der Waals surface area contributed by atoms with E-state index in [1.165, 1.54) is 36.3 Å². The van der Waals surface area contributed by atoms with Crippen molar-refractivity contribution in [3.05, 3.63) is 52.7 Å². The van der Waals surface area contributed by atoms with Gasteiger partial charge >= 0.3 is 6.18 Å². The number of fused-ring (bicyclic) bond motifs is 1. The van der Waals surface area contributed by atoms with Crippen molar-refractivity contribution in [2.24, 2.45) is 7.05 Å². The average Bonchev–Trinajstić information content (AvgIpc) is 3.06. The molecule has 164 valence electrons. The maximum absolute atomic E-state index is 12.9. The summed E-state index contributed by atoms with van der Waals surface area (Å²) in [4.78, 5) is 21.4. The van der Waals surface area contributed by atoms with E-state index in [2.05, 4.69) is 20.0 Å². The second-order valence-electron chi connectivity index (χ2n) is 7.21. The highest BCUT2D eigenvalue weighted by Crippen LogP contribution is 2.33. The van der Waals surface area contributed by atoms with Crippen LogP contribution >= 0.6 is 0 Å². The van der Waals surface area contributed by atoms with Crippen molar-refractivity contribution in [2.45, 2.75) is 17.8 Å². The van der Waals surface area contributed by atoms with Crippen LogP contribution in [-0.4, -0.2) is 41.3 Å². The zero-order valence-corrected chi connectivity index (χ0v) is 17.1. The second kappa shape index (κ2) is 7.61. The summed E-state index contributed by atoms with van der Waals surface area (Å²) in [5.41, 5.74) is -0.140. The Bertz CT molecular complexity index is 1300. The third-order valence-electron chi connectivity index (χ3n) is 5.17. The Morgan fingerprint density at radius 3 is 2.55 bits per heavy atom. The fourth-order valence-electron chi connectivity index (χ4n) is 3.45. The van der Waals surface area contributed by atoms with Crippen LogP contribution in [0.25, 0.3) is 22.0 Å². The number of halogens is 3. The maximum Gasteiger partial charge on any atom is 0.416 e. The number of aromatic nitrogens is 3. The first kappa shape index (κ1) is 21.2. The molecular weight excluding hydrogens is 435 g/mol. The van der Waals surface area contributed by atoms with Crippen molar-refractivity contribution in [1.82, 2.24) is 19.3 Å². The van der Waals surface area contributed by atoms with Crippen molar-refractivity contribution in [3.8, 4) is 11.1 Å². The molecule has 0 saturated carbocycles. The molecule has 1 atom stereocenters. The van der Waals surface area contributed by atoms with Crippen molar-refractivity contribution in [3.63, 3.8) is 0 Å². The molecule has 12 heteroatoms. The van der Waals surface area contributed by atoms with Crippen LogP contribution in [0.5, 0.6) is 0 Å².